The molecule has 270 valence electrons. The van der Waals surface area contributed by atoms with Crippen LogP contribution in [0.5, 0.6) is 0 Å². The minimum atomic E-state index is 0.624. The molecule has 9 aromatic carbocycles. The second-order valence-electron chi connectivity index (χ2n) is 14.8. The Kier molecular flexibility index (Phi) is 7.16. The summed E-state index contributed by atoms with van der Waals surface area (Å²) in [5.74, 6) is 1.90. The molecule has 5 heteroatoms. The van der Waals surface area contributed by atoms with Gasteiger partial charge in [-0.1, -0.05) is 164 Å². The number of hydrogen-bond donors (Lipinski definition) is 0. The number of benzene rings is 9. The molecule has 0 bridgehead atoms. The normalized spacial score (nSPS) is 11.8. The minimum absolute atomic E-state index is 0.624. The maximum absolute atomic E-state index is 5.10. The lowest BCUT2D eigenvalue weighted by Gasteiger charge is -2.14. The monoisotopic (exact) mass is 739 g/mol. The predicted octanol–water partition coefficient (Wildman–Crippen LogP) is 13.4. The molecule has 0 amide bonds. The van der Waals surface area contributed by atoms with E-state index in [9.17, 15) is 0 Å². The van der Waals surface area contributed by atoms with Crippen molar-refractivity contribution in [3.05, 3.63) is 200 Å². The molecule has 0 aliphatic heterocycles. The molecule has 0 atom stereocenters. The van der Waals surface area contributed by atoms with Gasteiger partial charge < -0.3 is 9.13 Å². The predicted molar refractivity (Wildman–Crippen MR) is 240 cm³/mol. The lowest BCUT2D eigenvalue weighted by Crippen LogP contribution is -2.01. The third kappa shape index (κ3) is 4.87. The molecule has 0 N–H and O–H groups in total. The van der Waals surface area contributed by atoms with Crippen molar-refractivity contribution >= 4 is 65.2 Å². The van der Waals surface area contributed by atoms with Crippen molar-refractivity contribution in [1.82, 2.24) is 24.1 Å². The van der Waals surface area contributed by atoms with Gasteiger partial charge in [-0.15, -0.1) is 0 Å². The molecule has 0 saturated carbocycles. The van der Waals surface area contributed by atoms with E-state index >= 15 is 0 Å². The summed E-state index contributed by atoms with van der Waals surface area (Å²) in [7, 11) is 0. The van der Waals surface area contributed by atoms with Gasteiger partial charge >= 0.3 is 0 Å². The van der Waals surface area contributed by atoms with Crippen molar-refractivity contribution in [1.29, 1.82) is 0 Å². The zero-order chi connectivity index (χ0) is 38.2. The Bertz CT molecular complexity index is 3490. The molecule has 0 fully saturated rings. The fourth-order valence-electron chi connectivity index (χ4n) is 9.04. The van der Waals surface area contributed by atoms with E-state index < -0.39 is 0 Å². The Morgan fingerprint density at radius 3 is 1.52 bits per heavy atom. The van der Waals surface area contributed by atoms with E-state index in [4.69, 9.17) is 15.0 Å². The van der Waals surface area contributed by atoms with Crippen molar-refractivity contribution < 1.29 is 0 Å². The first-order valence-electron chi connectivity index (χ1n) is 19.6. The molecule has 0 unspecified atom stereocenters. The number of rotatable bonds is 5. The van der Waals surface area contributed by atoms with E-state index in [2.05, 4.69) is 149 Å². The van der Waals surface area contributed by atoms with E-state index in [-0.39, 0.29) is 0 Å². The van der Waals surface area contributed by atoms with Crippen LogP contribution in [0, 0.1) is 0 Å². The lowest BCUT2D eigenvalue weighted by atomic mass is 9.97. The van der Waals surface area contributed by atoms with Gasteiger partial charge in [-0.3, -0.25) is 0 Å². The van der Waals surface area contributed by atoms with E-state index in [1.807, 2.05) is 60.7 Å². The lowest BCUT2D eigenvalue weighted by molar-refractivity contribution is 1.07. The summed E-state index contributed by atoms with van der Waals surface area (Å²) >= 11 is 0. The zero-order valence-corrected chi connectivity index (χ0v) is 31.3. The maximum Gasteiger partial charge on any atom is 0.164 e. The van der Waals surface area contributed by atoms with Crippen LogP contribution in [0.2, 0.25) is 0 Å². The van der Waals surface area contributed by atoms with Crippen LogP contribution in [0.25, 0.3) is 111 Å². The number of hydrogen-bond acceptors (Lipinski definition) is 3. The van der Waals surface area contributed by atoms with Gasteiger partial charge in [0.2, 0.25) is 0 Å². The molecule has 3 heterocycles. The van der Waals surface area contributed by atoms with Crippen LogP contribution in [0.1, 0.15) is 0 Å². The van der Waals surface area contributed by atoms with Gasteiger partial charge in [0, 0.05) is 55.0 Å². The fourth-order valence-corrected chi connectivity index (χ4v) is 9.04. The van der Waals surface area contributed by atoms with Gasteiger partial charge in [-0.2, -0.15) is 0 Å². The van der Waals surface area contributed by atoms with E-state index in [1.165, 1.54) is 54.1 Å². The SMILES string of the molecule is c1ccc(-c2nc(-c3ccccc3)nc(-c3cccc(-n4c5ccccc5c5c4c4ccccc4c4c6c7ccccc7ccc6n(-c6ccccc6)c45)c3)n2)cc1. The molecule has 0 radical (unpaired) electrons. The minimum Gasteiger partial charge on any atom is -0.309 e. The van der Waals surface area contributed by atoms with Crippen LogP contribution >= 0.6 is 0 Å². The van der Waals surface area contributed by atoms with Gasteiger partial charge in [0.15, 0.2) is 17.5 Å². The van der Waals surface area contributed by atoms with Gasteiger partial charge in [-0.25, -0.2) is 15.0 Å². The highest BCUT2D eigenvalue weighted by molar-refractivity contribution is 6.39. The first-order valence-corrected chi connectivity index (χ1v) is 19.6. The number of nitrogens with zero attached hydrogens (tertiary/aromatic N) is 5. The Labute approximate surface area is 333 Å². The van der Waals surface area contributed by atoms with E-state index in [0.29, 0.717) is 17.5 Å². The summed E-state index contributed by atoms with van der Waals surface area (Å²) in [5.41, 5.74) is 9.65. The number of aromatic nitrogens is 5. The smallest absolute Gasteiger partial charge is 0.164 e. The summed E-state index contributed by atoms with van der Waals surface area (Å²) in [6, 6.07) is 70.8. The van der Waals surface area contributed by atoms with Crippen molar-refractivity contribution in [2.45, 2.75) is 0 Å². The van der Waals surface area contributed by atoms with Crippen molar-refractivity contribution in [3.8, 4) is 45.5 Å². The largest absolute Gasteiger partial charge is 0.309 e. The summed E-state index contributed by atoms with van der Waals surface area (Å²) in [6.07, 6.45) is 0. The molecule has 5 nitrogen and oxygen atoms in total. The highest BCUT2D eigenvalue weighted by Gasteiger charge is 2.25. The third-order valence-electron chi connectivity index (χ3n) is 11.5. The molecule has 0 spiro atoms. The van der Waals surface area contributed by atoms with Gasteiger partial charge in [0.1, 0.15) is 0 Å². The van der Waals surface area contributed by atoms with Crippen LogP contribution in [0.4, 0.5) is 0 Å². The first kappa shape index (κ1) is 32.4. The number of para-hydroxylation sites is 2. The molecule has 58 heavy (non-hydrogen) atoms. The van der Waals surface area contributed by atoms with E-state index in [0.717, 1.165) is 39.1 Å². The Balaban J connectivity index is 1.20. The average molecular weight is 740 g/mol. The van der Waals surface area contributed by atoms with Crippen molar-refractivity contribution in [2.24, 2.45) is 0 Å². The second-order valence-corrected chi connectivity index (χ2v) is 14.8. The average Bonchev–Trinajstić information content (AvgIpc) is 3.84. The summed E-state index contributed by atoms with van der Waals surface area (Å²) in [4.78, 5) is 15.2. The maximum atomic E-state index is 5.10. The van der Waals surface area contributed by atoms with Gasteiger partial charge in [-0.05, 0) is 52.6 Å². The highest BCUT2D eigenvalue weighted by Crippen LogP contribution is 2.48. The third-order valence-corrected chi connectivity index (χ3v) is 11.5. The van der Waals surface area contributed by atoms with Crippen molar-refractivity contribution in [2.75, 3.05) is 0 Å². The molecule has 0 aliphatic rings. The Morgan fingerprint density at radius 2 is 0.810 bits per heavy atom. The fraction of sp³-hybridized carbons (Fsp3) is 0. The Morgan fingerprint density at radius 1 is 0.293 bits per heavy atom. The highest BCUT2D eigenvalue weighted by atomic mass is 15.0. The standard InChI is InChI=1S/C53H33N5/c1-4-18-35(19-5-1)51-54-52(36-20-6-2-7-21-36)56-53(55-51)37-22-16-25-39(33-37)58-44-30-15-14-29-43(44)48-49(58)42-28-13-12-27-41(42)47-46-40-26-11-10-17-34(40)31-32-45(46)57(50(47)48)38-23-8-3-9-24-38/h1-33H. The molecule has 12 rings (SSSR count). The Hall–Kier alpha value is -7.89. The van der Waals surface area contributed by atoms with Crippen LogP contribution in [0.3, 0.4) is 0 Å². The molecular weight excluding hydrogens is 707 g/mol. The van der Waals surface area contributed by atoms with Crippen LogP contribution in [0.15, 0.2) is 200 Å². The quantitative estimate of drug-likeness (QED) is 0.177. The van der Waals surface area contributed by atoms with Crippen LogP contribution < -0.4 is 0 Å². The van der Waals surface area contributed by atoms with Crippen LogP contribution in [-0.4, -0.2) is 24.1 Å². The van der Waals surface area contributed by atoms with Gasteiger partial charge in [0.05, 0.1) is 22.1 Å². The molecule has 3 aromatic heterocycles. The van der Waals surface area contributed by atoms with Crippen molar-refractivity contribution in [3.63, 3.8) is 0 Å². The van der Waals surface area contributed by atoms with Crippen LogP contribution in [-0.2, 0) is 0 Å². The molecule has 0 saturated heterocycles. The van der Waals surface area contributed by atoms with Gasteiger partial charge in [0.25, 0.3) is 0 Å². The summed E-state index contributed by atoms with van der Waals surface area (Å²) in [6.45, 7) is 0. The van der Waals surface area contributed by atoms with E-state index in [1.54, 1.807) is 0 Å². The molecule has 0 aliphatic carbocycles. The first-order chi connectivity index (χ1) is 28.8. The summed E-state index contributed by atoms with van der Waals surface area (Å²) < 4.78 is 4.93. The topological polar surface area (TPSA) is 48.5 Å². The number of fused-ring (bicyclic) bond motifs is 12. The zero-order valence-electron chi connectivity index (χ0n) is 31.3. The summed E-state index contributed by atoms with van der Waals surface area (Å²) in [5, 5.41) is 9.85. The molecule has 12 aromatic rings. The molecular formula is C53H33N5. The second kappa shape index (κ2) is 12.8.